The van der Waals surface area contributed by atoms with Crippen LogP contribution in [0.4, 0.5) is 0 Å². The summed E-state index contributed by atoms with van der Waals surface area (Å²) in [5, 5.41) is 0. The van der Waals surface area contributed by atoms with Crippen LogP contribution >= 0.6 is 12.4 Å². The molecule has 3 heteroatoms. The molecule has 0 aliphatic rings. The highest BCUT2D eigenvalue weighted by molar-refractivity contribution is 5.98. The number of aryl methyl sites for hydroxylation is 1. The molecule has 1 unspecified atom stereocenters. The van der Waals surface area contributed by atoms with E-state index in [-0.39, 0.29) is 24.1 Å². The minimum Gasteiger partial charge on any atom is -0.497 e. The van der Waals surface area contributed by atoms with E-state index in [9.17, 15) is 4.79 Å². The number of ketones is 1. The van der Waals surface area contributed by atoms with Crippen LogP contribution in [-0.4, -0.2) is 12.9 Å². The lowest BCUT2D eigenvalue weighted by molar-refractivity contribution is 0.0929. The number of rotatable bonds is 5. The van der Waals surface area contributed by atoms with E-state index in [0.717, 1.165) is 12.2 Å². The molecule has 0 aliphatic heterocycles. The molecule has 0 fully saturated rings. The minimum atomic E-state index is -0.0380. The molecule has 0 saturated carbocycles. The van der Waals surface area contributed by atoms with Gasteiger partial charge in [0, 0.05) is 11.5 Å². The third kappa shape index (κ3) is 4.61. The normalized spacial score (nSPS) is 11.4. The number of hydrogen-bond acceptors (Lipinski definition) is 2. The minimum absolute atomic E-state index is 0. The molecule has 0 bridgehead atoms. The van der Waals surface area contributed by atoms with Crippen molar-refractivity contribution in [2.24, 2.45) is 5.92 Å². The first-order valence-corrected chi connectivity index (χ1v) is 6.84. The van der Waals surface area contributed by atoms with Crippen molar-refractivity contribution < 1.29 is 9.53 Å². The average Bonchev–Trinajstić information content (AvgIpc) is 2.46. The molecule has 2 aromatic rings. The van der Waals surface area contributed by atoms with Crippen molar-refractivity contribution in [3.63, 3.8) is 0 Å². The molecule has 0 saturated heterocycles. The summed E-state index contributed by atoms with van der Waals surface area (Å²) in [4.78, 5) is 12.4. The number of carbonyl (C=O) groups is 1. The number of halogens is 1. The number of carbonyl (C=O) groups excluding carboxylic acids is 1. The highest BCUT2D eigenvalue weighted by atomic mass is 35.5. The topological polar surface area (TPSA) is 26.3 Å². The molecular weight excluding hydrogens is 284 g/mol. The molecule has 2 nitrogen and oxygen atoms in total. The number of benzene rings is 2. The Morgan fingerprint density at radius 2 is 1.86 bits per heavy atom. The molecule has 2 aromatic carbocycles. The Bertz CT molecular complexity index is 608. The Labute approximate surface area is 132 Å². The Hall–Kier alpha value is -1.80. The Morgan fingerprint density at radius 3 is 2.52 bits per heavy atom. The van der Waals surface area contributed by atoms with Gasteiger partial charge in [-0.25, -0.2) is 0 Å². The van der Waals surface area contributed by atoms with Gasteiger partial charge in [0.2, 0.25) is 0 Å². The standard InChI is InChI=1S/C18H20O2.ClH/c1-13-6-4-7-15(10-13)11-14(2)18(19)16-8-5-9-17(12-16)20-3;/h4-10,12,14H,11H2,1-3H3;1H. The van der Waals surface area contributed by atoms with Crippen molar-refractivity contribution in [3.05, 3.63) is 65.2 Å². The summed E-state index contributed by atoms with van der Waals surface area (Å²) >= 11 is 0. The Kier molecular flexibility index (Phi) is 6.44. The highest BCUT2D eigenvalue weighted by Gasteiger charge is 2.16. The first-order valence-electron chi connectivity index (χ1n) is 6.84. The predicted octanol–water partition coefficient (Wildman–Crippen LogP) is 4.49. The van der Waals surface area contributed by atoms with Gasteiger partial charge in [0.05, 0.1) is 7.11 Å². The third-order valence-corrected chi connectivity index (χ3v) is 3.43. The van der Waals surface area contributed by atoms with Gasteiger partial charge in [-0.2, -0.15) is 0 Å². The highest BCUT2D eigenvalue weighted by Crippen LogP contribution is 2.19. The van der Waals surface area contributed by atoms with E-state index < -0.39 is 0 Å². The van der Waals surface area contributed by atoms with Crippen LogP contribution in [0, 0.1) is 12.8 Å². The van der Waals surface area contributed by atoms with Gasteiger partial charge < -0.3 is 4.74 Å². The van der Waals surface area contributed by atoms with Gasteiger partial charge in [-0.15, -0.1) is 12.4 Å². The molecule has 2 rings (SSSR count). The molecule has 0 N–H and O–H groups in total. The van der Waals surface area contributed by atoms with E-state index in [1.807, 2.05) is 31.2 Å². The van der Waals surface area contributed by atoms with Gasteiger partial charge in [-0.1, -0.05) is 48.9 Å². The van der Waals surface area contributed by atoms with E-state index in [1.165, 1.54) is 11.1 Å². The molecule has 0 heterocycles. The molecular formula is C18H21ClO2. The largest absolute Gasteiger partial charge is 0.497 e. The van der Waals surface area contributed by atoms with E-state index in [2.05, 4.69) is 25.1 Å². The predicted molar refractivity (Wildman–Crippen MR) is 88.6 cm³/mol. The zero-order valence-electron chi connectivity index (χ0n) is 12.6. The number of methoxy groups -OCH3 is 1. The SMILES string of the molecule is COc1cccc(C(=O)C(C)Cc2cccc(C)c2)c1.Cl. The van der Waals surface area contributed by atoms with Crippen molar-refractivity contribution in [2.75, 3.05) is 7.11 Å². The molecule has 0 aromatic heterocycles. The van der Waals surface area contributed by atoms with E-state index in [1.54, 1.807) is 13.2 Å². The zero-order chi connectivity index (χ0) is 14.5. The van der Waals surface area contributed by atoms with Crippen molar-refractivity contribution >= 4 is 18.2 Å². The van der Waals surface area contributed by atoms with Gasteiger partial charge in [-0.3, -0.25) is 4.79 Å². The molecule has 1 atom stereocenters. The number of Topliss-reactive ketones (excluding diaryl/α,β-unsaturated/α-hetero) is 1. The fourth-order valence-electron chi connectivity index (χ4n) is 2.35. The second kappa shape index (κ2) is 7.84. The monoisotopic (exact) mass is 304 g/mol. The average molecular weight is 305 g/mol. The van der Waals surface area contributed by atoms with Crippen LogP contribution in [0.25, 0.3) is 0 Å². The zero-order valence-corrected chi connectivity index (χ0v) is 13.4. The number of ether oxygens (including phenoxy) is 1. The first kappa shape index (κ1) is 17.3. The van der Waals surface area contributed by atoms with Crippen LogP contribution in [-0.2, 0) is 6.42 Å². The summed E-state index contributed by atoms with van der Waals surface area (Å²) in [5.74, 6) is 0.841. The van der Waals surface area contributed by atoms with Crippen LogP contribution in [0.1, 0.15) is 28.4 Å². The molecule has 0 spiro atoms. The molecule has 21 heavy (non-hydrogen) atoms. The van der Waals surface area contributed by atoms with E-state index >= 15 is 0 Å². The maximum atomic E-state index is 12.4. The Balaban J connectivity index is 0.00000220. The van der Waals surface area contributed by atoms with Crippen LogP contribution in [0.15, 0.2) is 48.5 Å². The van der Waals surface area contributed by atoms with Gasteiger partial charge in [-0.05, 0) is 31.0 Å². The molecule has 0 amide bonds. The summed E-state index contributed by atoms with van der Waals surface area (Å²) in [6.45, 7) is 4.04. The maximum Gasteiger partial charge on any atom is 0.166 e. The van der Waals surface area contributed by atoms with Gasteiger partial charge in [0.15, 0.2) is 5.78 Å². The quantitative estimate of drug-likeness (QED) is 0.761. The van der Waals surface area contributed by atoms with Gasteiger partial charge in [0.1, 0.15) is 5.75 Å². The van der Waals surface area contributed by atoms with Crippen LogP contribution in [0.5, 0.6) is 5.75 Å². The Morgan fingerprint density at radius 1 is 1.14 bits per heavy atom. The summed E-state index contributed by atoms with van der Waals surface area (Å²) in [5.41, 5.74) is 3.14. The fraction of sp³-hybridized carbons (Fsp3) is 0.278. The van der Waals surface area contributed by atoms with Crippen molar-refractivity contribution in [2.45, 2.75) is 20.3 Å². The lowest BCUT2D eigenvalue weighted by Crippen LogP contribution is -2.14. The molecule has 0 aliphatic carbocycles. The van der Waals surface area contributed by atoms with Crippen molar-refractivity contribution in [1.82, 2.24) is 0 Å². The van der Waals surface area contributed by atoms with E-state index in [4.69, 9.17) is 4.74 Å². The van der Waals surface area contributed by atoms with Crippen molar-refractivity contribution in [3.8, 4) is 5.75 Å². The smallest absolute Gasteiger partial charge is 0.166 e. The van der Waals surface area contributed by atoms with Crippen LogP contribution in [0.3, 0.4) is 0 Å². The summed E-state index contributed by atoms with van der Waals surface area (Å²) in [6.07, 6.45) is 0.762. The third-order valence-electron chi connectivity index (χ3n) is 3.43. The summed E-state index contributed by atoms with van der Waals surface area (Å²) in [7, 11) is 1.61. The second-order valence-corrected chi connectivity index (χ2v) is 5.19. The van der Waals surface area contributed by atoms with Gasteiger partial charge in [0.25, 0.3) is 0 Å². The fourth-order valence-corrected chi connectivity index (χ4v) is 2.35. The summed E-state index contributed by atoms with van der Waals surface area (Å²) < 4.78 is 5.17. The lowest BCUT2D eigenvalue weighted by atomic mass is 9.92. The van der Waals surface area contributed by atoms with Gasteiger partial charge >= 0.3 is 0 Å². The summed E-state index contributed by atoms with van der Waals surface area (Å²) in [6, 6.07) is 15.7. The maximum absolute atomic E-state index is 12.4. The van der Waals surface area contributed by atoms with Crippen LogP contribution in [0.2, 0.25) is 0 Å². The van der Waals surface area contributed by atoms with E-state index in [0.29, 0.717) is 5.56 Å². The van der Waals surface area contributed by atoms with Crippen LogP contribution < -0.4 is 4.74 Å². The second-order valence-electron chi connectivity index (χ2n) is 5.19. The van der Waals surface area contributed by atoms with Crippen molar-refractivity contribution in [1.29, 1.82) is 0 Å². The molecule has 112 valence electrons. The lowest BCUT2D eigenvalue weighted by Gasteiger charge is -2.12. The molecule has 0 radical (unpaired) electrons. The first-order chi connectivity index (χ1) is 9.60. The number of hydrogen-bond donors (Lipinski definition) is 0.